The molecule has 2 aromatic heterocycles. The number of aromatic nitrogens is 2. The van der Waals surface area contributed by atoms with Gasteiger partial charge in [-0.25, -0.2) is 0 Å². The smallest absolute Gasteiger partial charge is 0.220 e. The van der Waals surface area contributed by atoms with Gasteiger partial charge in [-0.1, -0.05) is 25.7 Å². The lowest BCUT2D eigenvalue weighted by Crippen LogP contribution is -2.27. The molecule has 2 aromatic rings. The number of amides is 1. The summed E-state index contributed by atoms with van der Waals surface area (Å²) in [4.78, 5) is 11.8. The van der Waals surface area contributed by atoms with Crippen LogP contribution < -0.4 is 5.32 Å². The summed E-state index contributed by atoms with van der Waals surface area (Å²) in [6.07, 6.45) is 9.01. The Bertz CT molecular complexity index is 585. The number of carbonyl (C=O) groups excluding carboxylic acids is 1. The van der Waals surface area contributed by atoms with Crippen LogP contribution in [0.25, 0.3) is 11.3 Å². The van der Waals surface area contributed by atoms with E-state index in [1.807, 2.05) is 16.9 Å². The van der Waals surface area contributed by atoms with Crippen molar-refractivity contribution in [2.75, 3.05) is 6.54 Å². The first-order chi connectivity index (χ1) is 10.8. The topological polar surface area (TPSA) is 46.9 Å². The van der Waals surface area contributed by atoms with Crippen molar-refractivity contribution in [2.45, 2.75) is 45.1 Å². The molecule has 0 unspecified atom stereocenters. The Hall–Kier alpha value is -1.62. The summed E-state index contributed by atoms with van der Waals surface area (Å²) in [6.45, 7) is 1.37. The molecule has 0 bridgehead atoms. The Morgan fingerprint density at radius 3 is 3.00 bits per heavy atom. The minimum Gasteiger partial charge on any atom is -0.354 e. The van der Waals surface area contributed by atoms with Crippen LogP contribution >= 0.6 is 11.3 Å². The number of nitrogens with zero attached hydrogens (tertiary/aromatic N) is 2. The molecule has 1 amide bonds. The van der Waals surface area contributed by atoms with E-state index < -0.39 is 0 Å². The molecule has 1 saturated carbocycles. The number of hydrogen-bond donors (Lipinski definition) is 1. The summed E-state index contributed by atoms with van der Waals surface area (Å²) in [5.41, 5.74) is 2.15. The highest BCUT2D eigenvalue weighted by Crippen LogP contribution is 2.28. The third-order valence-electron chi connectivity index (χ3n) is 4.38. The zero-order chi connectivity index (χ0) is 15.2. The fraction of sp³-hybridized carbons (Fsp3) is 0.529. The Morgan fingerprint density at radius 2 is 2.23 bits per heavy atom. The van der Waals surface area contributed by atoms with Gasteiger partial charge in [-0.3, -0.25) is 9.48 Å². The van der Waals surface area contributed by atoms with E-state index in [2.05, 4.69) is 27.2 Å². The third kappa shape index (κ3) is 4.19. The lowest BCUT2D eigenvalue weighted by Gasteiger charge is -2.09. The summed E-state index contributed by atoms with van der Waals surface area (Å²) in [7, 11) is 0. The Balaban J connectivity index is 1.36. The highest BCUT2D eigenvalue weighted by atomic mass is 32.1. The van der Waals surface area contributed by atoms with Crippen LogP contribution in [-0.2, 0) is 11.3 Å². The average molecular weight is 317 g/mol. The van der Waals surface area contributed by atoms with E-state index in [9.17, 15) is 4.79 Å². The van der Waals surface area contributed by atoms with E-state index >= 15 is 0 Å². The maximum atomic E-state index is 11.8. The number of nitrogens with one attached hydrogen (secondary N) is 1. The second-order valence-corrected chi connectivity index (χ2v) is 6.80. The molecule has 2 heterocycles. The summed E-state index contributed by atoms with van der Waals surface area (Å²) < 4.78 is 1.89. The first-order valence-electron chi connectivity index (χ1n) is 8.14. The number of thiophene rings is 1. The minimum absolute atomic E-state index is 0.178. The van der Waals surface area contributed by atoms with Gasteiger partial charge in [0.2, 0.25) is 5.91 Å². The van der Waals surface area contributed by atoms with Crippen molar-refractivity contribution < 1.29 is 4.79 Å². The van der Waals surface area contributed by atoms with E-state index in [0.717, 1.165) is 30.1 Å². The van der Waals surface area contributed by atoms with E-state index in [1.165, 1.54) is 25.7 Å². The van der Waals surface area contributed by atoms with Crippen LogP contribution in [0, 0.1) is 5.92 Å². The highest BCUT2D eigenvalue weighted by Gasteiger charge is 2.15. The zero-order valence-electron chi connectivity index (χ0n) is 12.8. The van der Waals surface area contributed by atoms with Crippen LogP contribution in [-0.4, -0.2) is 22.2 Å². The van der Waals surface area contributed by atoms with Crippen molar-refractivity contribution in [1.82, 2.24) is 15.1 Å². The first kappa shape index (κ1) is 15.3. The van der Waals surface area contributed by atoms with Crippen molar-refractivity contribution in [3.8, 4) is 11.3 Å². The summed E-state index contributed by atoms with van der Waals surface area (Å²) in [5, 5.41) is 11.7. The standard InChI is InChI=1S/C17H23N3OS/c21-17(6-5-14-3-1-2-4-14)18-9-11-20-10-7-16(19-20)15-8-12-22-13-15/h7-8,10,12-14H,1-6,9,11H2,(H,18,21). The predicted octanol–water partition coefficient (Wildman–Crippen LogP) is 3.70. The number of carbonyl (C=O) groups is 1. The van der Waals surface area contributed by atoms with Gasteiger partial charge in [-0.15, -0.1) is 0 Å². The molecule has 22 heavy (non-hydrogen) atoms. The van der Waals surface area contributed by atoms with Gasteiger partial charge in [0.1, 0.15) is 0 Å². The minimum atomic E-state index is 0.178. The summed E-state index contributed by atoms with van der Waals surface area (Å²) >= 11 is 1.67. The Morgan fingerprint density at radius 1 is 1.36 bits per heavy atom. The SMILES string of the molecule is O=C(CCC1CCCC1)NCCn1ccc(-c2ccsc2)n1. The van der Waals surface area contributed by atoms with E-state index in [-0.39, 0.29) is 5.91 Å². The highest BCUT2D eigenvalue weighted by molar-refractivity contribution is 7.08. The monoisotopic (exact) mass is 317 g/mol. The van der Waals surface area contributed by atoms with Gasteiger partial charge in [0.25, 0.3) is 0 Å². The van der Waals surface area contributed by atoms with Crippen molar-refractivity contribution in [1.29, 1.82) is 0 Å². The van der Waals surface area contributed by atoms with Crippen molar-refractivity contribution in [3.63, 3.8) is 0 Å². The fourth-order valence-electron chi connectivity index (χ4n) is 3.08. The Labute approximate surface area is 135 Å². The van der Waals surface area contributed by atoms with E-state index in [1.54, 1.807) is 11.3 Å². The zero-order valence-corrected chi connectivity index (χ0v) is 13.6. The van der Waals surface area contributed by atoms with Gasteiger partial charge in [-0.2, -0.15) is 16.4 Å². The molecular formula is C17H23N3OS. The van der Waals surface area contributed by atoms with Crippen molar-refractivity contribution in [3.05, 3.63) is 29.1 Å². The Kier molecular flexibility index (Phi) is 5.27. The molecule has 5 heteroatoms. The van der Waals surface area contributed by atoms with Crippen LogP contribution in [0.5, 0.6) is 0 Å². The third-order valence-corrected chi connectivity index (χ3v) is 5.06. The molecule has 0 saturated heterocycles. The lowest BCUT2D eigenvalue weighted by atomic mass is 10.0. The van der Waals surface area contributed by atoms with E-state index in [4.69, 9.17) is 0 Å². The van der Waals surface area contributed by atoms with Crippen LogP contribution in [0.1, 0.15) is 38.5 Å². The van der Waals surface area contributed by atoms with Crippen LogP contribution in [0.15, 0.2) is 29.1 Å². The largest absolute Gasteiger partial charge is 0.354 e. The molecule has 0 aliphatic heterocycles. The van der Waals surface area contributed by atoms with Crippen LogP contribution in [0.2, 0.25) is 0 Å². The van der Waals surface area contributed by atoms with Gasteiger partial charge in [0.15, 0.2) is 0 Å². The molecule has 118 valence electrons. The summed E-state index contributed by atoms with van der Waals surface area (Å²) in [5.74, 6) is 0.960. The van der Waals surface area contributed by atoms with Crippen LogP contribution in [0.4, 0.5) is 0 Å². The van der Waals surface area contributed by atoms with E-state index in [0.29, 0.717) is 13.0 Å². The first-order valence-corrected chi connectivity index (χ1v) is 9.08. The molecule has 0 radical (unpaired) electrons. The summed E-state index contributed by atoms with van der Waals surface area (Å²) in [6, 6.07) is 4.09. The molecule has 1 aliphatic carbocycles. The molecular weight excluding hydrogens is 294 g/mol. The van der Waals surface area contributed by atoms with Gasteiger partial charge in [0.05, 0.1) is 12.2 Å². The molecule has 0 spiro atoms. The van der Waals surface area contributed by atoms with Gasteiger partial charge in [-0.05, 0) is 29.9 Å². The molecule has 0 atom stereocenters. The molecule has 3 rings (SSSR count). The maximum absolute atomic E-state index is 11.8. The molecule has 1 N–H and O–H groups in total. The quantitative estimate of drug-likeness (QED) is 0.846. The number of rotatable bonds is 7. The second kappa shape index (κ2) is 7.58. The van der Waals surface area contributed by atoms with Gasteiger partial charge in [0, 0.05) is 30.1 Å². The lowest BCUT2D eigenvalue weighted by molar-refractivity contribution is -0.121. The molecule has 1 fully saturated rings. The van der Waals surface area contributed by atoms with Crippen molar-refractivity contribution in [2.24, 2.45) is 5.92 Å². The molecule has 0 aromatic carbocycles. The van der Waals surface area contributed by atoms with Crippen LogP contribution in [0.3, 0.4) is 0 Å². The molecule has 4 nitrogen and oxygen atoms in total. The fourth-order valence-corrected chi connectivity index (χ4v) is 3.73. The number of hydrogen-bond acceptors (Lipinski definition) is 3. The maximum Gasteiger partial charge on any atom is 0.220 e. The van der Waals surface area contributed by atoms with Gasteiger partial charge < -0.3 is 5.32 Å². The predicted molar refractivity (Wildman–Crippen MR) is 89.7 cm³/mol. The van der Waals surface area contributed by atoms with Gasteiger partial charge >= 0.3 is 0 Å². The average Bonchev–Trinajstić information content (AvgIpc) is 3.26. The second-order valence-electron chi connectivity index (χ2n) is 6.02. The molecule has 1 aliphatic rings. The van der Waals surface area contributed by atoms with Crippen molar-refractivity contribution >= 4 is 17.2 Å². The normalized spacial score (nSPS) is 15.3.